The van der Waals surface area contributed by atoms with Crippen LogP contribution >= 0.6 is 0 Å². The number of nitrogens with zero attached hydrogens (tertiary/aromatic N) is 2. The summed E-state index contributed by atoms with van der Waals surface area (Å²) in [5.74, 6) is -0.757. The average molecular weight is 383 g/mol. The molecule has 2 rings (SSSR count). The molecule has 0 bridgehead atoms. The average Bonchev–Trinajstić information content (AvgIpc) is 2.85. The van der Waals surface area contributed by atoms with Crippen molar-refractivity contribution in [1.82, 2.24) is 10.2 Å². The maximum absolute atomic E-state index is 12.6. The Labute approximate surface area is 164 Å². The van der Waals surface area contributed by atoms with Gasteiger partial charge >= 0.3 is 6.09 Å². The lowest BCUT2D eigenvalue weighted by molar-refractivity contribution is 0.0483. The lowest BCUT2D eigenvalue weighted by Gasteiger charge is -2.24. The van der Waals surface area contributed by atoms with E-state index >= 15 is 0 Å². The molecular formula is C21H25N3O4. The molecule has 0 fully saturated rings. The Morgan fingerprint density at radius 3 is 2.32 bits per heavy atom. The summed E-state index contributed by atoms with van der Waals surface area (Å²) in [7, 11) is 0. The first-order valence-corrected chi connectivity index (χ1v) is 8.99. The summed E-state index contributed by atoms with van der Waals surface area (Å²) in [6.45, 7) is 7.06. The van der Waals surface area contributed by atoms with Gasteiger partial charge in [-0.15, -0.1) is 0 Å². The number of alkyl carbamates (subject to hydrolysis) is 1. The smallest absolute Gasteiger partial charge is 0.408 e. The zero-order chi connectivity index (χ0) is 20.7. The monoisotopic (exact) mass is 383 g/mol. The molecule has 7 nitrogen and oxygen atoms in total. The normalized spacial score (nSPS) is 15.6. The van der Waals surface area contributed by atoms with Crippen LogP contribution in [0.2, 0.25) is 0 Å². The molecule has 0 aliphatic carbocycles. The molecule has 148 valence electrons. The quantitative estimate of drug-likeness (QED) is 0.464. The number of nitrogens with one attached hydrogen (secondary N) is 1. The third-order valence-electron chi connectivity index (χ3n) is 3.74. The fourth-order valence-corrected chi connectivity index (χ4v) is 2.60. The number of ether oxygens (including phenoxy) is 1. The van der Waals surface area contributed by atoms with Crippen molar-refractivity contribution in [2.75, 3.05) is 6.54 Å². The van der Waals surface area contributed by atoms with E-state index in [1.807, 2.05) is 0 Å². The molecule has 1 aromatic rings. The van der Waals surface area contributed by atoms with Crippen molar-refractivity contribution in [3.05, 3.63) is 59.8 Å². The topological polar surface area (TPSA) is 88.1 Å². The van der Waals surface area contributed by atoms with Gasteiger partial charge in [0.15, 0.2) is 0 Å². The predicted molar refractivity (Wildman–Crippen MR) is 107 cm³/mol. The largest absolute Gasteiger partial charge is 0.444 e. The minimum atomic E-state index is -0.663. The van der Waals surface area contributed by atoms with E-state index in [0.29, 0.717) is 11.1 Å². The minimum Gasteiger partial charge on any atom is -0.444 e. The van der Waals surface area contributed by atoms with Gasteiger partial charge in [0.25, 0.3) is 11.8 Å². The van der Waals surface area contributed by atoms with Crippen LogP contribution in [-0.4, -0.2) is 47.2 Å². The van der Waals surface area contributed by atoms with Gasteiger partial charge in [0.1, 0.15) is 5.60 Å². The zero-order valence-electron chi connectivity index (χ0n) is 16.5. The lowest BCUT2D eigenvalue weighted by Crippen LogP contribution is -2.46. The van der Waals surface area contributed by atoms with Gasteiger partial charge in [-0.25, -0.2) is 4.79 Å². The van der Waals surface area contributed by atoms with Crippen LogP contribution in [0.5, 0.6) is 0 Å². The Bertz CT molecular complexity index is 799. The van der Waals surface area contributed by atoms with Gasteiger partial charge in [-0.3, -0.25) is 19.5 Å². The van der Waals surface area contributed by atoms with E-state index in [-0.39, 0.29) is 18.4 Å². The van der Waals surface area contributed by atoms with Crippen LogP contribution in [0, 0.1) is 0 Å². The second-order valence-corrected chi connectivity index (χ2v) is 7.15. The van der Waals surface area contributed by atoms with Crippen LogP contribution in [0.3, 0.4) is 0 Å². The van der Waals surface area contributed by atoms with E-state index in [9.17, 15) is 14.4 Å². The van der Waals surface area contributed by atoms with Gasteiger partial charge in [-0.2, -0.15) is 0 Å². The van der Waals surface area contributed by atoms with Crippen molar-refractivity contribution in [3.8, 4) is 0 Å². The Hall–Kier alpha value is -3.22. The van der Waals surface area contributed by atoms with E-state index < -0.39 is 17.7 Å². The first-order chi connectivity index (χ1) is 13.2. The highest BCUT2D eigenvalue weighted by Crippen LogP contribution is 2.22. The summed E-state index contributed by atoms with van der Waals surface area (Å²) >= 11 is 0. The summed E-state index contributed by atoms with van der Waals surface area (Å²) < 4.78 is 5.28. The SMILES string of the molecule is C\C=N/C=C\C=C\[C@@H](CN1C(=O)c2ccccc2C1=O)NC(=O)OC(C)(C)C. The van der Waals surface area contributed by atoms with E-state index in [1.54, 1.807) is 82.6 Å². The number of carbonyl (C=O) groups excluding carboxylic acids is 3. The molecule has 0 spiro atoms. The third-order valence-corrected chi connectivity index (χ3v) is 3.74. The highest BCUT2D eigenvalue weighted by molar-refractivity contribution is 6.21. The van der Waals surface area contributed by atoms with Crippen LogP contribution in [0.15, 0.2) is 53.7 Å². The Morgan fingerprint density at radius 1 is 1.18 bits per heavy atom. The lowest BCUT2D eigenvalue weighted by atomic mass is 10.1. The first kappa shape index (κ1) is 21.1. The molecule has 1 atom stereocenters. The number of carbonyl (C=O) groups is 3. The maximum Gasteiger partial charge on any atom is 0.408 e. The molecule has 0 saturated heterocycles. The van der Waals surface area contributed by atoms with Crippen LogP contribution in [-0.2, 0) is 4.74 Å². The van der Waals surface area contributed by atoms with Crippen LogP contribution < -0.4 is 5.32 Å². The molecule has 0 aromatic heterocycles. The number of imide groups is 1. The number of amides is 3. The van der Waals surface area contributed by atoms with Crippen molar-refractivity contribution < 1.29 is 19.1 Å². The number of fused-ring (bicyclic) bond motifs is 1. The van der Waals surface area contributed by atoms with Crippen LogP contribution in [0.25, 0.3) is 0 Å². The van der Waals surface area contributed by atoms with Crippen molar-refractivity contribution in [3.63, 3.8) is 0 Å². The van der Waals surface area contributed by atoms with Gasteiger partial charge < -0.3 is 10.1 Å². The number of aliphatic imine (C=N–C) groups is 1. The van der Waals surface area contributed by atoms with Crippen LogP contribution in [0.4, 0.5) is 4.79 Å². The van der Waals surface area contributed by atoms with Gasteiger partial charge in [0.05, 0.1) is 23.7 Å². The standard InChI is InChI=1S/C21H25N3O4/c1-5-22-13-9-8-10-15(23-20(27)28-21(2,3)4)14-24-18(25)16-11-6-7-12-17(16)19(24)26/h5-13,15H,14H2,1-4H3,(H,23,27)/b10-8+,13-9-,22-5-/t15-/m0/s1. The maximum atomic E-state index is 12.6. The number of hydrogen-bond donors (Lipinski definition) is 1. The van der Waals surface area contributed by atoms with Gasteiger partial charge in [0.2, 0.25) is 0 Å². The molecule has 1 N–H and O–H groups in total. The van der Waals surface area contributed by atoms with E-state index in [1.165, 1.54) is 0 Å². The summed E-state index contributed by atoms with van der Waals surface area (Å²) in [6, 6.07) is 6.04. The molecule has 0 saturated carbocycles. The molecule has 1 aliphatic heterocycles. The molecular weight excluding hydrogens is 358 g/mol. The second kappa shape index (κ2) is 9.12. The van der Waals surface area contributed by atoms with Crippen molar-refractivity contribution in [1.29, 1.82) is 0 Å². The molecule has 1 aromatic carbocycles. The summed E-state index contributed by atoms with van der Waals surface area (Å²) in [5, 5.41) is 2.69. The van der Waals surface area contributed by atoms with Gasteiger partial charge in [0, 0.05) is 12.4 Å². The van der Waals surface area contributed by atoms with Crippen molar-refractivity contribution in [2.24, 2.45) is 4.99 Å². The number of benzene rings is 1. The van der Waals surface area contributed by atoms with Gasteiger partial charge in [-0.05, 0) is 45.9 Å². The Balaban J connectivity index is 2.16. The molecule has 28 heavy (non-hydrogen) atoms. The molecule has 0 unspecified atom stereocenters. The zero-order valence-corrected chi connectivity index (χ0v) is 16.5. The predicted octanol–water partition coefficient (Wildman–Crippen LogP) is 3.34. The second-order valence-electron chi connectivity index (χ2n) is 7.15. The van der Waals surface area contributed by atoms with E-state index in [0.717, 1.165) is 4.90 Å². The fraction of sp³-hybridized carbons (Fsp3) is 0.333. The van der Waals surface area contributed by atoms with Crippen molar-refractivity contribution >= 4 is 24.1 Å². The number of hydrogen-bond acceptors (Lipinski definition) is 5. The van der Waals surface area contributed by atoms with E-state index in [4.69, 9.17) is 4.74 Å². The van der Waals surface area contributed by atoms with Crippen molar-refractivity contribution in [2.45, 2.75) is 39.3 Å². The molecule has 1 heterocycles. The third kappa shape index (κ3) is 5.64. The molecule has 1 aliphatic rings. The number of rotatable bonds is 6. The molecule has 3 amide bonds. The van der Waals surface area contributed by atoms with Gasteiger partial charge in [-0.1, -0.05) is 24.3 Å². The summed E-state index contributed by atoms with van der Waals surface area (Å²) in [5.41, 5.74) is 0.0678. The Morgan fingerprint density at radius 2 is 1.79 bits per heavy atom. The summed E-state index contributed by atoms with van der Waals surface area (Å²) in [4.78, 5) is 42.4. The minimum absolute atomic E-state index is 0.00697. The molecule has 0 radical (unpaired) electrons. The fourth-order valence-electron chi connectivity index (χ4n) is 2.60. The number of allylic oxidation sites excluding steroid dienone is 2. The highest BCUT2D eigenvalue weighted by atomic mass is 16.6. The Kier molecular flexibility index (Phi) is 6.87. The first-order valence-electron chi connectivity index (χ1n) is 8.99. The summed E-state index contributed by atoms with van der Waals surface area (Å²) in [6.07, 6.45) is 7.64. The van der Waals surface area contributed by atoms with E-state index in [2.05, 4.69) is 10.3 Å². The molecule has 7 heteroatoms. The highest BCUT2D eigenvalue weighted by Gasteiger charge is 2.36. The van der Waals surface area contributed by atoms with Crippen LogP contribution in [0.1, 0.15) is 48.4 Å².